The molecule has 3 nitrogen and oxygen atoms in total. The van der Waals surface area contributed by atoms with Crippen LogP contribution in [0.4, 0.5) is 0 Å². The van der Waals surface area contributed by atoms with E-state index in [1.807, 2.05) is 13.4 Å². The Hall–Kier alpha value is -1.35. The number of likely N-dealkylation sites (N-methyl/N-ethyl adjacent to an activating group) is 1. The molecular weight excluding hydrogens is 174 g/mol. The maximum atomic E-state index is 4.39. The summed E-state index contributed by atoms with van der Waals surface area (Å²) in [5.41, 5.74) is 3.85. The number of para-hydroxylation sites is 1. The molecule has 72 valence electrons. The Balaban J connectivity index is 2.23. The van der Waals surface area contributed by atoms with Crippen molar-refractivity contribution in [2.75, 3.05) is 7.05 Å². The molecule has 0 radical (unpaired) electrons. The Morgan fingerprint density at radius 2 is 2.43 bits per heavy atom. The first-order valence-electron chi connectivity index (χ1n) is 4.98. The molecule has 2 heterocycles. The van der Waals surface area contributed by atoms with Crippen LogP contribution in [0.3, 0.4) is 0 Å². The molecule has 0 amide bonds. The second kappa shape index (κ2) is 2.82. The molecule has 0 aliphatic carbocycles. The van der Waals surface area contributed by atoms with E-state index in [0.717, 1.165) is 18.5 Å². The van der Waals surface area contributed by atoms with E-state index in [4.69, 9.17) is 0 Å². The highest BCUT2D eigenvalue weighted by molar-refractivity contribution is 5.79. The molecule has 0 saturated carbocycles. The van der Waals surface area contributed by atoms with Gasteiger partial charge in [-0.25, -0.2) is 4.98 Å². The lowest BCUT2D eigenvalue weighted by Crippen LogP contribution is -2.34. The first-order chi connectivity index (χ1) is 6.88. The van der Waals surface area contributed by atoms with Crippen molar-refractivity contribution in [1.82, 2.24) is 14.9 Å². The lowest BCUT2D eigenvalue weighted by molar-refractivity contribution is 0.470. The van der Waals surface area contributed by atoms with Crippen LogP contribution in [0.2, 0.25) is 0 Å². The minimum atomic E-state index is 0.544. The summed E-state index contributed by atoms with van der Waals surface area (Å²) >= 11 is 0. The zero-order valence-electron chi connectivity index (χ0n) is 8.20. The van der Waals surface area contributed by atoms with Gasteiger partial charge in [0.05, 0.1) is 17.4 Å². The molecule has 0 bridgehead atoms. The average Bonchev–Trinajstić information content (AvgIpc) is 2.64. The van der Waals surface area contributed by atoms with Crippen molar-refractivity contribution >= 4 is 11.0 Å². The van der Waals surface area contributed by atoms with Gasteiger partial charge in [-0.15, -0.1) is 0 Å². The van der Waals surface area contributed by atoms with Crippen molar-refractivity contribution in [2.45, 2.75) is 19.0 Å². The van der Waals surface area contributed by atoms with Gasteiger partial charge in [-0.2, -0.15) is 0 Å². The van der Waals surface area contributed by atoms with Gasteiger partial charge in [0.1, 0.15) is 0 Å². The van der Waals surface area contributed by atoms with E-state index in [0.29, 0.717) is 6.04 Å². The standard InChI is InChI=1S/C11H13N3/c1-12-9-5-8-3-2-4-10-11(8)14(6-9)7-13-10/h2-4,7,9,12H,5-6H2,1H3/t9-/m0/s1. The monoisotopic (exact) mass is 187 g/mol. The maximum Gasteiger partial charge on any atom is 0.0958 e. The number of hydrogen-bond donors (Lipinski definition) is 1. The Bertz CT molecular complexity index is 472. The molecular formula is C11H13N3. The average molecular weight is 187 g/mol. The summed E-state index contributed by atoms with van der Waals surface area (Å²) in [5, 5.41) is 3.33. The number of benzene rings is 1. The molecule has 0 saturated heterocycles. The largest absolute Gasteiger partial charge is 0.329 e. The topological polar surface area (TPSA) is 29.9 Å². The molecule has 2 aromatic rings. The van der Waals surface area contributed by atoms with Crippen LogP contribution in [0, 0.1) is 0 Å². The predicted octanol–water partition coefficient (Wildman–Crippen LogP) is 1.18. The van der Waals surface area contributed by atoms with Gasteiger partial charge in [0.15, 0.2) is 0 Å². The highest BCUT2D eigenvalue weighted by atomic mass is 15.1. The molecule has 1 aromatic carbocycles. The Morgan fingerprint density at radius 3 is 3.29 bits per heavy atom. The third-order valence-electron chi connectivity index (χ3n) is 3.01. The van der Waals surface area contributed by atoms with Crippen LogP contribution in [-0.4, -0.2) is 22.6 Å². The van der Waals surface area contributed by atoms with E-state index in [1.54, 1.807) is 0 Å². The van der Waals surface area contributed by atoms with Gasteiger partial charge < -0.3 is 9.88 Å². The van der Waals surface area contributed by atoms with Gasteiger partial charge in [-0.1, -0.05) is 12.1 Å². The molecule has 1 N–H and O–H groups in total. The number of nitrogens with one attached hydrogen (secondary N) is 1. The normalized spacial score (nSPS) is 20.2. The summed E-state index contributed by atoms with van der Waals surface area (Å²) < 4.78 is 2.25. The Labute approximate surface area is 82.8 Å². The quantitative estimate of drug-likeness (QED) is 0.726. The van der Waals surface area contributed by atoms with E-state index in [2.05, 4.69) is 33.1 Å². The number of aromatic nitrogens is 2. The molecule has 0 spiro atoms. The molecule has 3 rings (SSSR count). The smallest absolute Gasteiger partial charge is 0.0958 e. The highest BCUT2D eigenvalue weighted by Gasteiger charge is 2.19. The molecule has 0 unspecified atom stereocenters. The molecule has 14 heavy (non-hydrogen) atoms. The number of imidazole rings is 1. The zero-order valence-corrected chi connectivity index (χ0v) is 8.20. The zero-order chi connectivity index (χ0) is 9.54. The fourth-order valence-electron chi connectivity index (χ4n) is 2.27. The van der Waals surface area contributed by atoms with E-state index in [-0.39, 0.29) is 0 Å². The molecule has 1 aliphatic rings. The second-order valence-corrected chi connectivity index (χ2v) is 3.87. The van der Waals surface area contributed by atoms with Crippen molar-refractivity contribution < 1.29 is 0 Å². The van der Waals surface area contributed by atoms with E-state index < -0.39 is 0 Å². The summed E-state index contributed by atoms with van der Waals surface area (Å²) in [6, 6.07) is 6.91. The number of hydrogen-bond acceptors (Lipinski definition) is 2. The number of rotatable bonds is 1. The third-order valence-corrected chi connectivity index (χ3v) is 3.01. The summed E-state index contributed by atoms with van der Waals surface area (Å²) in [6.45, 7) is 1.03. The Morgan fingerprint density at radius 1 is 1.50 bits per heavy atom. The van der Waals surface area contributed by atoms with Crippen LogP contribution >= 0.6 is 0 Å². The minimum Gasteiger partial charge on any atom is -0.329 e. The summed E-state index contributed by atoms with van der Waals surface area (Å²) in [6.07, 6.45) is 3.05. The van der Waals surface area contributed by atoms with Gasteiger partial charge in [0.2, 0.25) is 0 Å². The summed E-state index contributed by atoms with van der Waals surface area (Å²) in [7, 11) is 2.02. The molecule has 1 aromatic heterocycles. The van der Waals surface area contributed by atoms with Gasteiger partial charge in [0, 0.05) is 12.6 Å². The lowest BCUT2D eigenvalue weighted by atomic mass is 10.0. The van der Waals surface area contributed by atoms with Gasteiger partial charge in [0.25, 0.3) is 0 Å². The third kappa shape index (κ3) is 0.990. The summed E-state index contributed by atoms with van der Waals surface area (Å²) in [4.78, 5) is 4.39. The van der Waals surface area contributed by atoms with E-state index >= 15 is 0 Å². The molecule has 0 fully saturated rings. The van der Waals surface area contributed by atoms with Crippen molar-refractivity contribution in [3.05, 3.63) is 30.1 Å². The first-order valence-corrected chi connectivity index (χ1v) is 4.98. The van der Waals surface area contributed by atoms with Crippen LogP contribution in [-0.2, 0) is 13.0 Å². The van der Waals surface area contributed by atoms with E-state index in [9.17, 15) is 0 Å². The van der Waals surface area contributed by atoms with Crippen molar-refractivity contribution in [3.8, 4) is 0 Å². The van der Waals surface area contributed by atoms with Crippen LogP contribution in [0.5, 0.6) is 0 Å². The first kappa shape index (κ1) is 8.00. The fraction of sp³-hybridized carbons (Fsp3) is 0.364. The van der Waals surface area contributed by atoms with E-state index in [1.165, 1.54) is 11.1 Å². The van der Waals surface area contributed by atoms with Crippen molar-refractivity contribution in [3.63, 3.8) is 0 Å². The second-order valence-electron chi connectivity index (χ2n) is 3.87. The van der Waals surface area contributed by atoms with Crippen LogP contribution in [0.25, 0.3) is 11.0 Å². The van der Waals surface area contributed by atoms with Gasteiger partial charge in [-0.3, -0.25) is 0 Å². The molecule has 1 atom stereocenters. The van der Waals surface area contributed by atoms with Crippen molar-refractivity contribution in [1.29, 1.82) is 0 Å². The van der Waals surface area contributed by atoms with Crippen LogP contribution < -0.4 is 5.32 Å². The lowest BCUT2D eigenvalue weighted by Gasteiger charge is -2.23. The Kier molecular flexibility index (Phi) is 1.61. The summed E-state index contributed by atoms with van der Waals surface area (Å²) in [5.74, 6) is 0. The maximum absolute atomic E-state index is 4.39. The highest BCUT2D eigenvalue weighted by Crippen LogP contribution is 2.23. The van der Waals surface area contributed by atoms with Crippen LogP contribution in [0.1, 0.15) is 5.56 Å². The van der Waals surface area contributed by atoms with Gasteiger partial charge in [-0.05, 0) is 25.1 Å². The fourth-order valence-corrected chi connectivity index (χ4v) is 2.27. The SMILES string of the molecule is CN[C@H]1Cc2cccc3ncn(c23)C1. The van der Waals surface area contributed by atoms with Gasteiger partial charge >= 0.3 is 0 Å². The molecule has 1 aliphatic heterocycles. The van der Waals surface area contributed by atoms with Crippen LogP contribution in [0.15, 0.2) is 24.5 Å². The molecule has 3 heteroatoms. The van der Waals surface area contributed by atoms with Crippen molar-refractivity contribution in [2.24, 2.45) is 0 Å². The number of nitrogens with zero attached hydrogens (tertiary/aromatic N) is 2. The predicted molar refractivity (Wildman–Crippen MR) is 56.3 cm³/mol. The minimum absolute atomic E-state index is 0.544.